The third-order valence-corrected chi connectivity index (χ3v) is 6.00. The van der Waals surface area contributed by atoms with Gasteiger partial charge in [0.15, 0.2) is 0 Å². The van der Waals surface area contributed by atoms with Crippen LogP contribution in [-0.2, 0) is 20.9 Å². The molecule has 176 valence electrons. The normalized spacial score (nSPS) is 17.4. The van der Waals surface area contributed by atoms with Crippen molar-refractivity contribution in [3.63, 3.8) is 0 Å². The van der Waals surface area contributed by atoms with Gasteiger partial charge in [-0.05, 0) is 43.5 Å². The lowest BCUT2D eigenvalue weighted by Crippen LogP contribution is -2.31. The molecular formula is C24H25N5O5. The number of ether oxygens (including phenoxy) is 1. The second-order valence-electron chi connectivity index (χ2n) is 8.04. The number of nitrogens with zero attached hydrogens (tertiary/aromatic N) is 4. The van der Waals surface area contributed by atoms with Crippen molar-refractivity contribution in [2.75, 3.05) is 13.7 Å². The molecule has 3 aromatic rings. The molecule has 3 aromatic heterocycles. The van der Waals surface area contributed by atoms with Crippen molar-refractivity contribution in [2.24, 2.45) is 0 Å². The van der Waals surface area contributed by atoms with Crippen LogP contribution >= 0.6 is 0 Å². The molecule has 34 heavy (non-hydrogen) atoms. The number of rotatable bonds is 7. The Bertz CT molecular complexity index is 1260. The molecule has 1 atom stereocenters. The van der Waals surface area contributed by atoms with E-state index in [1.54, 1.807) is 50.9 Å². The second kappa shape index (κ2) is 9.34. The lowest BCUT2D eigenvalue weighted by atomic mass is 9.94. The highest BCUT2D eigenvalue weighted by atomic mass is 16.5. The number of H-pyrrole nitrogens is 1. The number of aliphatic hydroxyl groups is 1. The van der Waals surface area contributed by atoms with Gasteiger partial charge in [0.25, 0.3) is 11.7 Å². The number of carbonyl (C=O) groups is 3. The molecule has 1 saturated heterocycles. The Labute approximate surface area is 195 Å². The zero-order valence-corrected chi connectivity index (χ0v) is 19.1. The van der Waals surface area contributed by atoms with Crippen molar-refractivity contribution in [1.82, 2.24) is 24.4 Å². The highest BCUT2D eigenvalue weighted by molar-refractivity contribution is 6.46. The standard InChI is InChI=1S/C24H25N5O5/c1-14-17(15(2)27-19(14)24(33)34-3)21(30)18-20(16-5-7-25-8-6-16)29(23(32)22(18)31)11-4-10-28-12-9-26-13-28/h5-9,12-13,20,27,30H,4,10-11H2,1-3H3/b21-18+/t20-/m1/s1. The SMILES string of the molecule is COC(=O)c1[nH]c(C)c(/C(O)=C2\C(=O)C(=O)N(CCCn3ccnc3)[C@@H]2c2ccncc2)c1C. The highest BCUT2D eigenvalue weighted by Gasteiger charge is 2.46. The first-order valence-corrected chi connectivity index (χ1v) is 10.8. The number of aliphatic hydroxyl groups excluding tert-OH is 1. The minimum Gasteiger partial charge on any atom is -0.507 e. The summed E-state index contributed by atoms with van der Waals surface area (Å²) >= 11 is 0. The molecule has 10 nitrogen and oxygen atoms in total. The van der Waals surface area contributed by atoms with Gasteiger partial charge in [-0.25, -0.2) is 9.78 Å². The summed E-state index contributed by atoms with van der Waals surface area (Å²) < 4.78 is 6.69. The second-order valence-corrected chi connectivity index (χ2v) is 8.04. The Hall–Kier alpha value is -4.21. The number of aromatic nitrogens is 4. The Morgan fingerprint density at radius 2 is 1.88 bits per heavy atom. The number of aryl methyl sites for hydroxylation is 2. The lowest BCUT2D eigenvalue weighted by Gasteiger charge is -2.25. The van der Waals surface area contributed by atoms with Gasteiger partial charge in [0.2, 0.25) is 0 Å². The van der Waals surface area contributed by atoms with Crippen molar-refractivity contribution in [1.29, 1.82) is 0 Å². The van der Waals surface area contributed by atoms with Gasteiger partial charge in [-0.1, -0.05) is 0 Å². The van der Waals surface area contributed by atoms with Gasteiger partial charge in [-0.15, -0.1) is 0 Å². The number of carbonyl (C=O) groups excluding carboxylic acids is 3. The van der Waals surface area contributed by atoms with E-state index >= 15 is 0 Å². The molecule has 0 saturated carbocycles. The fourth-order valence-electron chi connectivity index (χ4n) is 4.39. The zero-order chi connectivity index (χ0) is 24.4. The van der Waals surface area contributed by atoms with Crippen LogP contribution in [0.15, 0.2) is 48.8 Å². The number of methoxy groups -OCH3 is 1. The summed E-state index contributed by atoms with van der Waals surface area (Å²) in [4.78, 5) is 50.8. The van der Waals surface area contributed by atoms with E-state index in [1.165, 1.54) is 12.0 Å². The minimum absolute atomic E-state index is 0.0274. The van der Waals surface area contributed by atoms with E-state index < -0.39 is 23.7 Å². The number of hydrogen-bond donors (Lipinski definition) is 2. The Morgan fingerprint density at radius 3 is 2.53 bits per heavy atom. The molecule has 1 aliphatic heterocycles. The van der Waals surface area contributed by atoms with Crippen molar-refractivity contribution in [3.8, 4) is 0 Å². The van der Waals surface area contributed by atoms with Crippen molar-refractivity contribution >= 4 is 23.4 Å². The van der Waals surface area contributed by atoms with Gasteiger partial charge in [0.05, 0.1) is 25.1 Å². The number of esters is 1. The molecule has 0 bridgehead atoms. The predicted octanol–water partition coefficient (Wildman–Crippen LogP) is 2.52. The van der Waals surface area contributed by atoms with Crippen molar-refractivity contribution in [3.05, 3.63) is 76.9 Å². The molecule has 1 fully saturated rings. The number of aromatic amines is 1. The molecule has 0 spiro atoms. The number of imidazole rings is 1. The molecule has 0 unspecified atom stereocenters. The zero-order valence-electron chi connectivity index (χ0n) is 19.1. The summed E-state index contributed by atoms with van der Waals surface area (Å²) in [5, 5.41) is 11.3. The van der Waals surface area contributed by atoms with Crippen LogP contribution in [0.3, 0.4) is 0 Å². The first kappa shape index (κ1) is 23.0. The maximum atomic E-state index is 13.2. The minimum atomic E-state index is -0.791. The first-order chi connectivity index (χ1) is 16.3. The van der Waals surface area contributed by atoms with Crippen LogP contribution < -0.4 is 0 Å². The van der Waals surface area contributed by atoms with Gasteiger partial charge < -0.3 is 24.3 Å². The average molecular weight is 463 g/mol. The summed E-state index contributed by atoms with van der Waals surface area (Å²) in [7, 11) is 1.26. The van der Waals surface area contributed by atoms with E-state index in [-0.39, 0.29) is 17.0 Å². The van der Waals surface area contributed by atoms with Gasteiger partial charge >= 0.3 is 5.97 Å². The number of Topliss-reactive ketones (excluding diaryl/α,β-unsaturated/α-hetero) is 1. The van der Waals surface area contributed by atoms with Crippen LogP contribution in [0.1, 0.15) is 45.3 Å². The third-order valence-electron chi connectivity index (χ3n) is 6.00. The predicted molar refractivity (Wildman–Crippen MR) is 122 cm³/mol. The summed E-state index contributed by atoms with van der Waals surface area (Å²) in [5.41, 5.74) is 2.02. The van der Waals surface area contributed by atoms with Gasteiger partial charge in [0.1, 0.15) is 11.5 Å². The highest BCUT2D eigenvalue weighted by Crippen LogP contribution is 2.40. The molecule has 0 aromatic carbocycles. The van der Waals surface area contributed by atoms with E-state index in [0.29, 0.717) is 41.9 Å². The average Bonchev–Trinajstić information content (AvgIpc) is 3.52. The number of pyridine rings is 1. The largest absolute Gasteiger partial charge is 0.507 e. The third kappa shape index (κ3) is 3.98. The smallest absolute Gasteiger partial charge is 0.354 e. The van der Waals surface area contributed by atoms with Gasteiger partial charge in [0, 0.05) is 49.1 Å². The number of hydrogen-bond acceptors (Lipinski definition) is 7. The maximum absolute atomic E-state index is 13.2. The van der Waals surface area contributed by atoms with Crippen molar-refractivity contribution < 1.29 is 24.2 Å². The number of likely N-dealkylation sites (tertiary alicyclic amines) is 1. The van der Waals surface area contributed by atoms with Crippen LogP contribution in [0.2, 0.25) is 0 Å². The number of nitrogens with one attached hydrogen (secondary N) is 1. The molecule has 4 heterocycles. The topological polar surface area (TPSA) is 130 Å². The van der Waals surface area contributed by atoms with E-state index in [9.17, 15) is 19.5 Å². The monoisotopic (exact) mass is 463 g/mol. The Morgan fingerprint density at radius 1 is 1.15 bits per heavy atom. The number of amides is 1. The summed E-state index contributed by atoms with van der Waals surface area (Å²) in [6.07, 6.45) is 8.91. The van der Waals surface area contributed by atoms with Crippen LogP contribution in [-0.4, -0.2) is 60.8 Å². The summed E-state index contributed by atoms with van der Waals surface area (Å²) in [5.74, 6) is -2.39. The van der Waals surface area contributed by atoms with Crippen molar-refractivity contribution in [2.45, 2.75) is 32.9 Å². The van der Waals surface area contributed by atoms with Gasteiger partial charge in [-0.3, -0.25) is 14.6 Å². The first-order valence-electron chi connectivity index (χ1n) is 10.8. The lowest BCUT2D eigenvalue weighted by molar-refractivity contribution is -0.139. The molecule has 1 aliphatic rings. The van der Waals surface area contributed by atoms with Crippen LogP contribution in [0.4, 0.5) is 0 Å². The number of ketones is 1. The fourth-order valence-corrected chi connectivity index (χ4v) is 4.39. The molecule has 0 radical (unpaired) electrons. The van der Waals surface area contributed by atoms with E-state index in [4.69, 9.17) is 4.74 Å². The molecule has 10 heteroatoms. The van der Waals surface area contributed by atoms with Crippen LogP contribution in [0, 0.1) is 13.8 Å². The van der Waals surface area contributed by atoms with E-state index in [0.717, 1.165) is 0 Å². The molecule has 0 aliphatic carbocycles. The molecular weight excluding hydrogens is 438 g/mol. The Kier molecular flexibility index (Phi) is 6.31. The summed E-state index contributed by atoms with van der Waals surface area (Å²) in [6, 6.07) is 2.63. The van der Waals surface area contributed by atoms with Gasteiger partial charge in [-0.2, -0.15) is 0 Å². The summed E-state index contributed by atoms with van der Waals surface area (Å²) in [6.45, 7) is 4.24. The van der Waals surface area contributed by atoms with E-state index in [2.05, 4.69) is 15.0 Å². The molecule has 1 amide bonds. The molecule has 4 rings (SSSR count). The van der Waals surface area contributed by atoms with Crippen LogP contribution in [0.25, 0.3) is 5.76 Å². The molecule has 2 N–H and O–H groups in total. The van der Waals surface area contributed by atoms with E-state index in [1.807, 2.05) is 10.8 Å². The Balaban J connectivity index is 1.78. The quantitative estimate of drug-likeness (QED) is 0.238. The van der Waals surface area contributed by atoms with Crippen LogP contribution in [0.5, 0.6) is 0 Å². The fraction of sp³-hybridized carbons (Fsp3) is 0.292. The maximum Gasteiger partial charge on any atom is 0.354 e.